The molecule has 10 heteroatoms. The second-order valence-electron chi connectivity index (χ2n) is 4.50. The van der Waals surface area contributed by atoms with Gasteiger partial charge in [0.15, 0.2) is 24.1 Å². The van der Waals surface area contributed by atoms with Crippen molar-refractivity contribution in [3.8, 4) is 0 Å². The molecule has 118 valence electrons. The molecule has 1 atom stereocenters. The third kappa shape index (κ3) is 3.52. The van der Waals surface area contributed by atoms with E-state index in [1.54, 1.807) is 6.92 Å². The zero-order valence-corrected chi connectivity index (χ0v) is 11.4. The van der Waals surface area contributed by atoms with Crippen LogP contribution >= 0.6 is 0 Å². The molecule has 22 heavy (non-hydrogen) atoms. The highest BCUT2D eigenvalue weighted by Gasteiger charge is 2.24. The zero-order chi connectivity index (χ0) is 16.3. The number of amides is 2. The highest BCUT2D eigenvalue weighted by atomic mass is 19.2. The normalized spacial score (nSPS) is 18.2. The second-order valence-corrected chi connectivity index (χ2v) is 4.50. The Labute approximate surface area is 123 Å². The molecule has 1 heterocycles. The third-order valence-corrected chi connectivity index (χ3v) is 2.75. The van der Waals surface area contributed by atoms with E-state index < -0.39 is 35.3 Å². The number of aldehydes is 1. The van der Waals surface area contributed by atoms with Crippen LogP contribution in [0.15, 0.2) is 17.2 Å². The molecular formula is C12H12F3N5O2. The van der Waals surface area contributed by atoms with E-state index in [9.17, 15) is 22.8 Å². The zero-order valence-electron chi connectivity index (χ0n) is 11.4. The van der Waals surface area contributed by atoms with E-state index in [0.29, 0.717) is 24.1 Å². The first kappa shape index (κ1) is 15.8. The van der Waals surface area contributed by atoms with E-state index in [1.165, 1.54) is 5.01 Å². The number of urea groups is 1. The number of hydrogen-bond donors (Lipinski definition) is 3. The molecule has 1 aliphatic rings. The fourth-order valence-corrected chi connectivity index (χ4v) is 1.74. The average molecular weight is 315 g/mol. The molecule has 0 bridgehead atoms. The van der Waals surface area contributed by atoms with Crippen molar-refractivity contribution < 1.29 is 22.8 Å². The van der Waals surface area contributed by atoms with Gasteiger partial charge in [0.1, 0.15) is 5.82 Å². The summed E-state index contributed by atoms with van der Waals surface area (Å²) in [6.45, 7) is 1.82. The van der Waals surface area contributed by atoms with Gasteiger partial charge in [0.25, 0.3) is 0 Å². The molecule has 0 fully saturated rings. The number of hydrazone groups is 1. The maximum Gasteiger partial charge on any atom is 0.333 e. The van der Waals surface area contributed by atoms with E-state index in [4.69, 9.17) is 0 Å². The molecular weight excluding hydrogens is 303 g/mol. The predicted molar refractivity (Wildman–Crippen MR) is 71.3 cm³/mol. The molecule has 1 unspecified atom stereocenters. The maximum absolute atomic E-state index is 13.4. The molecule has 0 aromatic heterocycles. The summed E-state index contributed by atoms with van der Waals surface area (Å²) < 4.78 is 39.3. The number of halogens is 3. The number of hydrazine groups is 1. The molecule has 0 aliphatic carbocycles. The van der Waals surface area contributed by atoms with Crippen LogP contribution in [0.25, 0.3) is 0 Å². The fourth-order valence-electron chi connectivity index (χ4n) is 1.74. The summed E-state index contributed by atoms with van der Waals surface area (Å²) in [6, 6.07) is -0.0885. The van der Waals surface area contributed by atoms with Crippen LogP contribution in [0.2, 0.25) is 0 Å². The Kier molecular flexibility index (Phi) is 4.61. The molecule has 0 spiro atoms. The summed E-state index contributed by atoms with van der Waals surface area (Å²) in [4.78, 5) is 22.6. The first-order valence-electron chi connectivity index (χ1n) is 6.13. The summed E-state index contributed by atoms with van der Waals surface area (Å²) in [5, 5.41) is 7.07. The van der Waals surface area contributed by atoms with Gasteiger partial charge in [-0.05, 0) is 6.92 Å². The standard InChI is InChI=1S/C12H12F3N5O2/c1-6-4-20(11(5-21)18-17-6)19-12(22)16-10-3-8(14)7(13)2-9(10)15/h2-3,5,11,18H,4H2,1H3,(H2,16,19,22). The SMILES string of the molecule is CC1=NNC(C=O)N(NC(=O)Nc2cc(F)c(F)cc2F)C1. The number of benzene rings is 1. The van der Waals surface area contributed by atoms with Crippen molar-refractivity contribution >= 4 is 23.7 Å². The molecule has 1 aliphatic heterocycles. The Hall–Kier alpha value is -2.62. The molecule has 2 rings (SSSR count). The van der Waals surface area contributed by atoms with E-state index in [2.05, 4.69) is 16.0 Å². The lowest BCUT2D eigenvalue weighted by Crippen LogP contribution is -2.59. The largest absolute Gasteiger partial charge is 0.333 e. The Balaban J connectivity index is 2.05. The lowest BCUT2D eigenvalue weighted by Gasteiger charge is -2.31. The van der Waals surface area contributed by atoms with Gasteiger partial charge in [-0.3, -0.25) is 15.6 Å². The number of hydrogen-bond acceptors (Lipinski definition) is 5. The van der Waals surface area contributed by atoms with Gasteiger partial charge in [0, 0.05) is 12.1 Å². The third-order valence-electron chi connectivity index (χ3n) is 2.75. The highest BCUT2D eigenvalue weighted by Crippen LogP contribution is 2.18. The fraction of sp³-hybridized carbons (Fsp3) is 0.250. The number of nitrogens with zero attached hydrogens (tertiary/aromatic N) is 2. The molecule has 0 saturated carbocycles. The minimum atomic E-state index is -1.36. The van der Waals surface area contributed by atoms with Crippen molar-refractivity contribution in [2.24, 2.45) is 5.10 Å². The van der Waals surface area contributed by atoms with Gasteiger partial charge >= 0.3 is 6.03 Å². The van der Waals surface area contributed by atoms with E-state index in [-0.39, 0.29) is 6.54 Å². The Bertz CT molecular complexity index is 637. The van der Waals surface area contributed by atoms with Gasteiger partial charge in [0.05, 0.1) is 17.9 Å². The monoisotopic (exact) mass is 315 g/mol. The van der Waals surface area contributed by atoms with Crippen LogP contribution in [0.4, 0.5) is 23.7 Å². The van der Waals surface area contributed by atoms with Gasteiger partial charge in [0.2, 0.25) is 0 Å². The van der Waals surface area contributed by atoms with Gasteiger partial charge in [-0.15, -0.1) is 0 Å². The van der Waals surface area contributed by atoms with Crippen LogP contribution in [0.1, 0.15) is 6.92 Å². The maximum atomic E-state index is 13.4. The van der Waals surface area contributed by atoms with E-state index in [0.717, 1.165) is 0 Å². The van der Waals surface area contributed by atoms with Crippen molar-refractivity contribution in [2.45, 2.75) is 13.1 Å². The smallest absolute Gasteiger partial charge is 0.304 e. The minimum Gasteiger partial charge on any atom is -0.304 e. The lowest BCUT2D eigenvalue weighted by molar-refractivity contribution is -0.114. The summed E-state index contributed by atoms with van der Waals surface area (Å²) in [5.41, 5.74) is 4.83. The van der Waals surface area contributed by atoms with Crippen LogP contribution in [0.5, 0.6) is 0 Å². The van der Waals surface area contributed by atoms with Crippen molar-refractivity contribution in [2.75, 3.05) is 11.9 Å². The van der Waals surface area contributed by atoms with Gasteiger partial charge in [-0.25, -0.2) is 18.0 Å². The van der Waals surface area contributed by atoms with Gasteiger partial charge in [-0.1, -0.05) is 0 Å². The van der Waals surface area contributed by atoms with Crippen molar-refractivity contribution in [3.63, 3.8) is 0 Å². The van der Waals surface area contributed by atoms with Crippen LogP contribution < -0.4 is 16.2 Å². The molecule has 0 saturated heterocycles. The van der Waals surface area contributed by atoms with E-state index in [1.807, 2.05) is 5.32 Å². The quantitative estimate of drug-likeness (QED) is 0.572. The molecule has 1 aromatic rings. The second kappa shape index (κ2) is 6.43. The van der Waals surface area contributed by atoms with Gasteiger partial charge < -0.3 is 5.32 Å². The van der Waals surface area contributed by atoms with Crippen LogP contribution in [-0.4, -0.2) is 35.7 Å². The molecule has 1 aromatic carbocycles. The van der Waals surface area contributed by atoms with E-state index >= 15 is 0 Å². The van der Waals surface area contributed by atoms with Gasteiger partial charge in [-0.2, -0.15) is 10.1 Å². The number of rotatable bonds is 3. The number of nitrogens with one attached hydrogen (secondary N) is 3. The molecule has 2 amide bonds. The minimum absolute atomic E-state index is 0.157. The predicted octanol–water partition coefficient (Wildman–Crippen LogP) is 0.946. The lowest BCUT2D eigenvalue weighted by atomic mass is 10.3. The van der Waals surface area contributed by atoms with Crippen molar-refractivity contribution in [1.82, 2.24) is 15.9 Å². The van der Waals surface area contributed by atoms with Crippen LogP contribution in [0, 0.1) is 17.5 Å². The summed E-state index contributed by atoms with van der Waals surface area (Å²) in [7, 11) is 0. The summed E-state index contributed by atoms with van der Waals surface area (Å²) in [5.74, 6) is -3.79. The first-order valence-corrected chi connectivity index (χ1v) is 6.13. The number of carbonyl (C=O) groups is 2. The van der Waals surface area contributed by atoms with Crippen LogP contribution in [-0.2, 0) is 4.79 Å². The van der Waals surface area contributed by atoms with Crippen molar-refractivity contribution in [1.29, 1.82) is 0 Å². The number of anilines is 1. The Morgan fingerprint density at radius 2 is 2.05 bits per heavy atom. The molecule has 7 nitrogen and oxygen atoms in total. The average Bonchev–Trinajstić information content (AvgIpc) is 2.45. The van der Waals surface area contributed by atoms with Crippen LogP contribution in [0.3, 0.4) is 0 Å². The van der Waals surface area contributed by atoms with Crippen molar-refractivity contribution in [3.05, 3.63) is 29.6 Å². The number of carbonyl (C=O) groups excluding carboxylic acids is 2. The Morgan fingerprint density at radius 1 is 1.36 bits per heavy atom. The summed E-state index contributed by atoms with van der Waals surface area (Å²) in [6.07, 6.45) is -0.391. The highest BCUT2D eigenvalue weighted by molar-refractivity contribution is 5.90. The molecule has 0 radical (unpaired) electrons. The first-order chi connectivity index (χ1) is 10.4. The molecule has 3 N–H and O–H groups in total. The Morgan fingerprint density at radius 3 is 2.73 bits per heavy atom. The summed E-state index contributed by atoms with van der Waals surface area (Å²) >= 11 is 0. The topological polar surface area (TPSA) is 85.8 Å².